The predicted molar refractivity (Wildman–Crippen MR) is 122 cm³/mol. The molecule has 0 atom stereocenters. The van der Waals surface area contributed by atoms with Crippen LogP contribution in [0.25, 0.3) is 28.2 Å². The van der Waals surface area contributed by atoms with Crippen molar-refractivity contribution in [3.8, 4) is 28.3 Å². The Morgan fingerprint density at radius 2 is 1.66 bits per heavy atom. The maximum atomic E-state index is 11.2. The number of phenolic OH excluding ortho intramolecular Hbond substituents is 1. The molecule has 4 N–H and O–H groups in total. The molecule has 8 nitrogen and oxygen atoms in total. The van der Waals surface area contributed by atoms with E-state index in [2.05, 4.69) is 20.4 Å². The minimum atomic E-state index is -0.461. The molecule has 0 unspecified atom stereocenters. The van der Waals surface area contributed by atoms with E-state index < -0.39 is 5.91 Å². The van der Waals surface area contributed by atoms with Crippen LogP contribution >= 0.6 is 0 Å². The summed E-state index contributed by atoms with van der Waals surface area (Å²) in [6.07, 6.45) is 1.70. The van der Waals surface area contributed by atoms with Crippen LogP contribution in [0.1, 0.15) is 10.4 Å². The fraction of sp³-hybridized carbons (Fsp3) is 0. The molecule has 3 heterocycles. The molecule has 156 valence electrons. The van der Waals surface area contributed by atoms with Gasteiger partial charge in [0.1, 0.15) is 5.75 Å². The Labute approximate surface area is 183 Å². The van der Waals surface area contributed by atoms with E-state index in [4.69, 9.17) is 5.73 Å². The lowest BCUT2D eigenvalue weighted by Crippen LogP contribution is -2.10. The minimum Gasteiger partial charge on any atom is -0.508 e. The summed E-state index contributed by atoms with van der Waals surface area (Å²) in [5.41, 5.74) is 10.6. The third kappa shape index (κ3) is 3.72. The number of rotatable bonds is 5. The molecule has 5 aromatic rings. The Morgan fingerprint density at radius 1 is 0.906 bits per heavy atom. The highest BCUT2D eigenvalue weighted by molar-refractivity contribution is 5.93. The largest absolute Gasteiger partial charge is 0.508 e. The van der Waals surface area contributed by atoms with E-state index in [0.717, 1.165) is 28.2 Å². The first-order chi connectivity index (χ1) is 15.6. The van der Waals surface area contributed by atoms with E-state index >= 15 is 0 Å². The van der Waals surface area contributed by atoms with Gasteiger partial charge in [-0.15, -0.1) is 5.10 Å². The second-order valence-electron chi connectivity index (χ2n) is 7.16. The van der Waals surface area contributed by atoms with Crippen LogP contribution in [0, 0.1) is 0 Å². The van der Waals surface area contributed by atoms with Crippen molar-refractivity contribution in [1.82, 2.24) is 19.6 Å². The van der Waals surface area contributed by atoms with Crippen molar-refractivity contribution < 1.29 is 9.90 Å². The van der Waals surface area contributed by atoms with Gasteiger partial charge in [-0.3, -0.25) is 9.78 Å². The molecule has 0 saturated heterocycles. The van der Waals surface area contributed by atoms with Crippen LogP contribution < -0.4 is 11.1 Å². The van der Waals surface area contributed by atoms with E-state index in [9.17, 15) is 9.90 Å². The van der Waals surface area contributed by atoms with Crippen LogP contribution in [-0.2, 0) is 0 Å². The first kappa shape index (κ1) is 19.3. The van der Waals surface area contributed by atoms with Gasteiger partial charge < -0.3 is 16.2 Å². The quantitative estimate of drug-likeness (QED) is 0.394. The molecule has 8 heteroatoms. The van der Waals surface area contributed by atoms with Crippen LogP contribution in [0.5, 0.6) is 5.75 Å². The van der Waals surface area contributed by atoms with Gasteiger partial charge in [-0.05, 0) is 60.7 Å². The fourth-order valence-electron chi connectivity index (χ4n) is 3.38. The average Bonchev–Trinajstić information content (AvgIpc) is 3.23. The highest BCUT2D eigenvalue weighted by Gasteiger charge is 2.10. The third-order valence-corrected chi connectivity index (χ3v) is 5.01. The second kappa shape index (κ2) is 7.84. The number of nitrogens with zero attached hydrogens (tertiary/aromatic N) is 4. The van der Waals surface area contributed by atoms with Gasteiger partial charge in [0.2, 0.25) is 11.9 Å². The van der Waals surface area contributed by atoms with Crippen molar-refractivity contribution in [3.63, 3.8) is 0 Å². The number of nitrogens with one attached hydrogen (secondary N) is 1. The van der Waals surface area contributed by atoms with E-state index in [0.29, 0.717) is 17.2 Å². The summed E-state index contributed by atoms with van der Waals surface area (Å²) >= 11 is 0. The lowest BCUT2D eigenvalue weighted by atomic mass is 10.1. The van der Waals surface area contributed by atoms with Crippen molar-refractivity contribution in [2.24, 2.45) is 5.73 Å². The average molecular weight is 422 g/mol. The Morgan fingerprint density at radius 3 is 2.34 bits per heavy atom. The Balaban J connectivity index is 1.39. The lowest BCUT2D eigenvalue weighted by molar-refractivity contribution is 0.100. The van der Waals surface area contributed by atoms with Crippen LogP contribution in [0.4, 0.5) is 11.6 Å². The number of amides is 1. The molecule has 32 heavy (non-hydrogen) atoms. The van der Waals surface area contributed by atoms with Gasteiger partial charge in [0.15, 0.2) is 5.65 Å². The van der Waals surface area contributed by atoms with Gasteiger partial charge in [0, 0.05) is 16.7 Å². The number of aromatic hydroxyl groups is 1. The molecule has 0 spiro atoms. The molecule has 3 aromatic heterocycles. The maximum Gasteiger partial charge on any atom is 0.248 e. The monoisotopic (exact) mass is 422 g/mol. The number of benzene rings is 2. The molecular formula is C24H18N6O2. The van der Waals surface area contributed by atoms with E-state index in [-0.39, 0.29) is 5.75 Å². The zero-order valence-corrected chi connectivity index (χ0v) is 16.8. The first-order valence-corrected chi connectivity index (χ1v) is 9.85. The number of nitrogens with two attached hydrogens (primary N) is 1. The van der Waals surface area contributed by atoms with Crippen molar-refractivity contribution >= 4 is 23.2 Å². The number of anilines is 2. The zero-order chi connectivity index (χ0) is 22.1. The number of phenols is 1. The van der Waals surface area contributed by atoms with E-state index in [1.54, 1.807) is 35.0 Å². The standard InChI is InChI=1S/C24H18N6O2/c25-23(32)17-6-4-15(5-7-17)20-13-10-18(14-26-20)27-24-28-22-3-1-2-21(30(22)29-24)16-8-11-19(31)12-9-16/h1-14,31H,(H2,25,32)(H,27,29). The van der Waals surface area contributed by atoms with Crippen LogP contribution in [0.15, 0.2) is 85.1 Å². The number of primary amides is 1. The summed E-state index contributed by atoms with van der Waals surface area (Å²) in [7, 11) is 0. The summed E-state index contributed by atoms with van der Waals surface area (Å²) in [5.74, 6) is 0.191. The predicted octanol–water partition coefficient (Wildman–Crippen LogP) is 4.01. The van der Waals surface area contributed by atoms with Crippen LogP contribution in [0.3, 0.4) is 0 Å². The molecule has 0 aliphatic heterocycles. The minimum absolute atomic E-state index is 0.210. The summed E-state index contributed by atoms with van der Waals surface area (Å²) in [6.45, 7) is 0. The zero-order valence-electron chi connectivity index (χ0n) is 16.8. The third-order valence-electron chi connectivity index (χ3n) is 5.01. The SMILES string of the molecule is NC(=O)c1ccc(-c2ccc(Nc3nc4cccc(-c5ccc(O)cc5)n4n3)cn2)cc1. The van der Waals surface area contributed by atoms with Crippen LogP contribution in [-0.4, -0.2) is 30.6 Å². The summed E-state index contributed by atoms with van der Waals surface area (Å²) in [4.78, 5) is 20.2. The molecular weight excluding hydrogens is 404 g/mol. The van der Waals surface area contributed by atoms with Gasteiger partial charge in [-0.1, -0.05) is 18.2 Å². The smallest absolute Gasteiger partial charge is 0.248 e. The number of hydrogen-bond donors (Lipinski definition) is 3. The van der Waals surface area contributed by atoms with Gasteiger partial charge >= 0.3 is 0 Å². The lowest BCUT2D eigenvalue weighted by Gasteiger charge is -2.05. The van der Waals surface area contributed by atoms with Crippen molar-refractivity contribution in [3.05, 3.63) is 90.6 Å². The normalized spacial score (nSPS) is 10.9. The molecule has 2 aromatic carbocycles. The van der Waals surface area contributed by atoms with Crippen molar-refractivity contribution in [2.75, 3.05) is 5.32 Å². The fourth-order valence-corrected chi connectivity index (χ4v) is 3.38. The van der Waals surface area contributed by atoms with Crippen molar-refractivity contribution in [1.29, 1.82) is 0 Å². The highest BCUT2D eigenvalue weighted by atomic mass is 16.3. The molecule has 0 aliphatic carbocycles. The van der Waals surface area contributed by atoms with E-state index in [1.807, 2.05) is 54.6 Å². The van der Waals surface area contributed by atoms with Gasteiger partial charge in [-0.25, -0.2) is 4.52 Å². The maximum absolute atomic E-state index is 11.2. The summed E-state index contributed by atoms with van der Waals surface area (Å²) in [5, 5.41) is 17.3. The molecule has 0 radical (unpaired) electrons. The summed E-state index contributed by atoms with van der Waals surface area (Å²) < 4.78 is 1.75. The Bertz CT molecular complexity index is 1410. The number of hydrogen-bond acceptors (Lipinski definition) is 6. The van der Waals surface area contributed by atoms with Gasteiger partial charge in [0.25, 0.3) is 0 Å². The van der Waals surface area contributed by atoms with E-state index in [1.165, 1.54) is 0 Å². The van der Waals surface area contributed by atoms with Gasteiger partial charge in [0.05, 0.1) is 23.3 Å². The Kier molecular flexibility index (Phi) is 4.72. The Hall–Kier alpha value is -4.72. The molecule has 0 bridgehead atoms. The molecule has 1 amide bonds. The molecule has 5 rings (SSSR count). The summed E-state index contributed by atoms with van der Waals surface area (Å²) in [6, 6.07) is 23.4. The number of fused-ring (bicyclic) bond motifs is 1. The highest BCUT2D eigenvalue weighted by Crippen LogP contribution is 2.24. The second-order valence-corrected chi connectivity index (χ2v) is 7.16. The molecule has 0 fully saturated rings. The topological polar surface area (TPSA) is 118 Å². The van der Waals surface area contributed by atoms with Gasteiger partial charge in [-0.2, -0.15) is 4.98 Å². The first-order valence-electron chi connectivity index (χ1n) is 9.85. The number of pyridine rings is 2. The molecule has 0 aliphatic rings. The number of carbonyl (C=O) groups excluding carboxylic acids is 1. The molecule has 0 saturated carbocycles. The van der Waals surface area contributed by atoms with Crippen LogP contribution in [0.2, 0.25) is 0 Å². The number of carbonyl (C=O) groups is 1. The number of aromatic nitrogens is 4. The van der Waals surface area contributed by atoms with Crippen molar-refractivity contribution in [2.45, 2.75) is 0 Å².